The van der Waals surface area contributed by atoms with Crippen LogP contribution in [-0.4, -0.2) is 20.0 Å². The van der Waals surface area contributed by atoms with Crippen molar-refractivity contribution in [3.05, 3.63) is 93.1 Å². The number of methoxy groups -OCH3 is 2. The topological polar surface area (TPSA) is 35.5 Å². The maximum atomic E-state index is 13.3. The predicted molar refractivity (Wildman–Crippen MR) is 116 cm³/mol. The zero-order valence-electron chi connectivity index (χ0n) is 15.3. The van der Waals surface area contributed by atoms with Gasteiger partial charge in [-0.25, -0.2) is 0 Å². The summed E-state index contributed by atoms with van der Waals surface area (Å²) in [5, 5.41) is 0. The predicted octanol–water partition coefficient (Wildman–Crippen LogP) is 5.52. The lowest BCUT2D eigenvalue weighted by atomic mass is 9.85. The lowest BCUT2D eigenvalue weighted by molar-refractivity contribution is 0.0958. The van der Waals surface area contributed by atoms with E-state index in [0.29, 0.717) is 12.0 Å². The van der Waals surface area contributed by atoms with Crippen LogP contribution in [0.4, 0.5) is 0 Å². The third kappa shape index (κ3) is 4.89. The van der Waals surface area contributed by atoms with Crippen molar-refractivity contribution in [1.29, 1.82) is 0 Å². The average Bonchev–Trinajstić information content (AvgIpc) is 2.72. The van der Waals surface area contributed by atoms with Crippen LogP contribution in [-0.2, 0) is 6.42 Å². The minimum atomic E-state index is -0.299. The van der Waals surface area contributed by atoms with Gasteiger partial charge in [0.05, 0.1) is 20.1 Å². The van der Waals surface area contributed by atoms with Gasteiger partial charge < -0.3 is 9.47 Å². The number of halogens is 1. The molecule has 0 bridgehead atoms. The van der Waals surface area contributed by atoms with Crippen molar-refractivity contribution >= 4 is 28.4 Å². The van der Waals surface area contributed by atoms with Crippen LogP contribution < -0.4 is 9.47 Å². The normalized spacial score (nSPS) is 11.7. The number of hydrogen-bond acceptors (Lipinski definition) is 3. The Labute approximate surface area is 173 Å². The number of carbonyl (C=O) groups excluding carboxylic acids is 1. The van der Waals surface area contributed by atoms with E-state index in [1.165, 1.54) is 0 Å². The van der Waals surface area contributed by atoms with Gasteiger partial charge in [0.15, 0.2) is 5.78 Å². The molecule has 0 amide bonds. The van der Waals surface area contributed by atoms with Gasteiger partial charge in [0.25, 0.3) is 0 Å². The summed E-state index contributed by atoms with van der Waals surface area (Å²) in [6.45, 7) is 0. The number of ether oxygens (including phenoxy) is 2. The molecule has 3 rings (SSSR count). The maximum Gasteiger partial charge on any atom is 0.170 e. The van der Waals surface area contributed by atoms with E-state index in [9.17, 15) is 4.79 Å². The highest BCUT2D eigenvalue weighted by molar-refractivity contribution is 14.1. The van der Waals surface area contributed by atoms with Crippen LogP contribution in [0.3, 0.4) is 0 Å². The molecular weight excluding hydrogens is 451 g/mol. The monoisotopic (exact) mass is 472 g/mol. The van der Waals surface area contributed by atoms with Gasteiger partial charge in [-0.2, -0.15) is 0 Å². The van der Waals surface area contributed by atoms with Gasteiger partial charge in [-0.1, -0.05) is 36.4 Å². The summed E-state index contributed by atoms with van der Waals surface area (Å²) in [5.74, 6) is 1.34. The molecule has 0 aliphatic rings. The molecule has 0 fully saturated rings. The summed E-state index contributed by atoms with van der Waals surface area (Å²) in [6.07, 6.45) is 0.592. The second-order valence-electron chi connectivity index (χ2n) is 6.26. The summed E-state index contributed by atoms with van der Waals surface area (Å²) < 4.78 is 11.8. The molecule has 3 aromatic carbocycles. The molecule has 0 saturated carbocycles. The van der Waals surface area contributed by atoms with Crippen LogP contribution in [0.5, 0.6) is 11.5 Å². The number of Topliss-reactive ketones (excluding diaryl/α,β-unsaturated/α-hetero) is 1. The molecule has 0 aromatic heterocycles. The first kappa shape index (κ1) is 19.4. The molecule has 3 aromatic rings. The van der Waals surface area contributed by atoms with Crippen molar-refractivity contribution < 1.29 is 14.3 Å². The van der Waals surface area contributed by atoms with E-state index in [1.807, 2.05) is 72.8 Å². The van der Waals surface area contributed by atoms with Crippen molar-refractivity contribution in [1.82, 2.24) is 0 Å². The Hall–Kier alpha value is -2.34. The van der Waals surface area contributed by atoms with Gasteiger partial charge in [-0.15, -0.1) is 0 Å². The van der Waals surface area contributed by atoms with E-state index >= 15 is 0 Å². The van der Waals surface area contributed by atoms with E-state index in [0.717, 1.165) is 26.2 Å². The van der Waals surface area contributed by atoms with E-state index in [1.54, 1.807) is 14.2 Å². The lowest BCUT2D eigenvalue weighted by Crippen LogP contribution is -2.16. The molecule has 0 N–H and O–H groups in total. The lowest BCUT2D eigenvalue weighted by Gasteiger charge is -2.18. The Morgan fingerprint density at radius 3 is 2.19 bits per heavy atom. The third-order valence-electron chi connectivity index (χ3n) is 4.52. The van der Waals surface area contributed by atoms with E-state index in [2.05, 4.69) is 22.6 Å². The zero-order valence-corrected chi connectivity index (χ0v) is 17.5. The molecule has 27 heavy (non-hydrogen) atoms. The minimum absolute atomic E-state index is 0.0995. The van der Waals surface area contributed by atoms with Crippen molar-refractivity contribution in [3.8, 4) is 11.5 Å². The first-order chi connectivity index (χ1) is 13.1. The smallest absolute Gasteiger partial charge is 0.170 e. The number of benzene rings is 3. The van der Waals surface area contributed by atoms with Crippen LogP contribution in [0.2, 0.25) is 0 Å². The summed E-state index contributed by atoms with van der Waals surface area (Å²) in [4.78, 5) is 13.3. The first-order valence-corrected chi connectivity index (χ1v) is 9.75. The minimum Gasteiger partial charge on any atom is -0.497 e. The highest BCUT2D eigenvalue weighted by Crippen LogP contribution is 2.29. The van der Waals surface area contributed by atoms with Gasteiger partial charge in [-0.05, 0) is 76.5 Å². The SMILES string of the molecule is COc1cccc(CC(C(=O)c2ccc(I)cc2)c2cccc(OC)c2)c1. The third-order valence-corrected chi connectivity index (χ3v) is 5.23. The second kappa shape index (κ2) is 9.04. The standard InChI is InChI=1S/C23H21IO3/c1-26-20-7-3-5-16(13-20)14-22(18-6-4-8-21(15-18)27-2)23(25)17-9-11-19(24)12-10-17/h3-13,15,22H,14H2,1-2H3. The first-order valence-electron chi connectivity index (χ1n) is 8.67. The summed E-state index contributed by atoms with van der Waals surface area (Å²) >= 11 is 2.24. The van der Waals surface area contributed by atoms with Crippen LogP contribution in [0.1, 0.15) is 27.4 Å². The Morgan fingerprint density at radius 1 is 0.889 bits per heavy atom. The molecule has 0 radical (unpaired) electrons. The Balaban J connectivity index is 1.99. The molecule has 4 heteroatoms. The number of rotatable bonds is 7. The second-order valence-corrected chi connectivity index (χ2v) is 7.50. The molecule has 0 aliphatic carbocycles. The van der Waals surface area contributed by atoms with Gasteiger partial charge in [0, 0.05) is 9.13 Å². The van der Waals surface area contributed by atoms with E-state index < -0.39 is 0 Å². The van der Waals surface area contributed by atoms with Gasteiger partial charge >= 0.3 is 0 Å². The molecular formula is C23H21IO3. The summed E-state index contributed by atoms with van der Waals surface area (Å²) in [5.41, 5.74) is 2.72. The fraction of sp³-hybridized carbons (Fsp3) is 0.174. The molecule has 0 spiro atoms. The van der Waals surface area contributed by atoms with Crippen LogP contribution in [0.15, 0.2) is 72.8 Å². The molecule has 1 unspecified atom stereocenters. The summed E-state index contributed by atoms with van der Waals surface area (Å²) in [6, 6.07) is 23.3. The largest absolute Gasteiger partial charge is 0.497 e. The van der Waals surface area contributed by atoms with E-state index in [4.69, 9.17) is 9.47 Å². The summed E-state index contributed by atoms with van der Waals surface area (Å²) in [7, 11) is 3.28. The number of carbonyl (C=O) groups is 1. The van der Waals surface area contributed by atoms with Crippen LogP contribution >= 0.6 is 22.6 Å². The molecule has 138 valence electrons. The maximum absolute atomic E-state index is 13.3. The van der Waals surface area contributed by atoms with E-state index in [-0.39, 0.29) is 11.7 Å². The Morgan fingerprint density at radius 2 is 1.52 bits per heavy atom. The fourth-order valence-corrected chi connectivity index (χ4v) is 3.43. The van der Waals surface area contributed by atoms with Crippen molar-refractivity contribution in [2.45, 2.75) is 12.3 Å². The van der Waals surface area contributed by atoms with Crippen molar-refractivity contribution in [2.75, 3.05) is 14.2 Å². The fourth-order valence-electron chi connectivity index (χ4n) is 3.07. The Bertz CT molecular complexity index is 919. The molecule has 3 nitrogen and oxygen atoms in total. The molecule has 1 atom stereocenters. The van der Waals surface area contributed by atoms with Crippen LogP contribution in [0.25, 0.3) is 0 Å². The highest BCUT2D eigenvalue weighted by atomic mass is 127. The zero-order chi connectivity index (χ0) is 19.2. The van der Waals surface area contributed by atoms with Crippen molar-refractivity contribution in [2.24, 2.45) is 0 Å². The quantitative estimate of drug-likeness (QED) is 0.336. The molecule has 0 heterocycles. The van der Waals surface area contributed by atoms with Gasteiger partial charge in [0.1, 0.15) is 11.5 Å². The van der Waals surface area contributed by atoms with Gasteiger partial charge in [0.2, 0.25) is 0 Å². The molecule has 0 saturated heterocycles. The van der Waals surface area contributed by atoms with Crippen molar-refractivity contribution in [3.63, 3.8) is 0 Å². The number of hydrogen-bond donors (Lipinski definition) is 0. The van der Waals surface area contributed by atoms with Gasteiger partial charge in [-0.3, -0.25) is 4.79 Å². The van der Waals surface area contributed by atoms with Crippen LogP contribution in [0, 0.1) is 3.57 Å². The number of ketones is 1. The Kier molecular flexibility index (Phi) is 6.50. The highest BCUT2D eigenvalue weighted by Gasteiger charge is 2.23. The molecule has 0 aliphatic heterocycles. The average molecular weight is 472 g/mol.